The molecule has 0 unspecified atom stereocenters. The summed E-state index contributed by atoms with van der Waals surface area (Å²) in [4.78, 5) is 37.1. The summed E-state index contributed by atoms with van der Waals surface area (Å²) < 4.78 is 5.06. The Hall–Kier alpha value is -3.12. The van der Waals surface area contributed by atoms with Crippen LogP contribution in [0.25, 0.3) is 10.8 Å². The minimum absolute atomic E-state index is 0.197. The number of thioether (sulfide) groups is 1. The molecule has 0 heterocycles. The van der Waals surface area contributed by atoms with Crippen LogP contribution in [-0.2, 0) is 14.3 Å². The van der Waals surface area contributed by atoms with Crippen LogP contribution in [0.2, 0.25) is 0 Å². The predicted octanol–water partition coefficient (Wildman–Crippen LogP) is 3.82. The Morgan fingerprint density at radius 2 is 1.54 bits per heavy atom. The van der Waals surface area contributed by atoms with Crippen LogP contribution in [0.3, 0.4) is 0 Å². The van der Waals surface area contributed by atoms with Crippen molar-refractivity contribution in [1.82, 2.24) is 5.32 Å². The Labute approximate surface area is 167 Å². The molecule has 28 heavy (non-hydrogen) atoms. The maximum atomic E-state index is 12.3. The number of imide groups is 1. The van der Waals surface area contributed by atoms with Gasteiger partial charge in [0.2, 0.25) is 5.91 Å². The molecule has 2 amide bonds. The summed E-state index contributed by atoms with van der Waals surface area (Å²) in [6, 6.07) is 22.4. The van der Waals surface area contributed by atoms with Crippen molar-refractivity contribution in [2.45, 2.75) is 11.3 Å². The number of nitrogens with one attached hydrogen (secondary N) is 1. The normalized spacial score (nSPS) is 10.4. The molecule has 0 atom stereocenters. The van der Waals surface area contributed by atoms with Gasteiger partial charge in [-0.25, -0.2) is 4.79 Å². The van der Waals surface area contributed by atoms with E-state index < -0.39 is 24.4 Å². The van der Waals surface area contributed by atoms with Gasteiger partial charge < -0.3 is 4.74 Å². The van der Waals surface area contributed by atoms with Crippen LogP contribution in [0.5, 0.6) is 0 Å². The van der Waals surface area contributed by atoms with Crippen molar-refractivity contribution in [2.24, 2.45) is 0 Å². The van der Waals surface area contributed by atoms with Crippen molar-refractivity contribution >= 4 is 40.3 Å². The molecule has 0 bridgehead atoms. The average molecular weight is 393 g/mol. The van der Waals surface area contributed by atoms with Crippen LogP contribution in [0.1, 0.15) is 16.8 Å². The lowest BCUT2D eigenvalue weighted by atomic mass is 10.1. The zero-order chi connectivity index (χ0) is 19.8. The summed E-state index contributed by atoms with van der Waals surface area (Å²) in [6.45, 7) is -0.500. The molecule has 1 N–H and O–H groups in total. The van der Waals surface area contributed by atoms with Gasteiger partial charge in [-0.2, -0.15) is 0 Å². The van der Waals surface area contributed by atoms with E-state index >= 15 is 0 Å². The number of fused-ring (bicyclic) bond motifs is 1. The molecule has 3 aromatic carbocycles. The molecular formula is C22H19NO4S. The molecule has 5 nitrogen and oxygen atoms in total. The van der Waals surface area contributed by atoms with Gasteiger partial charge in [-0.1, -0.05) is 54.6 Å². The van der Waals surface area contributed by atoms with Crippen molar-refractivity contribution in [3.63, 3.8) is 0 Å². The van der Waals surface area contributed by atoms with Gasteiger partial charge in [0, 0.05) is 17.1 Å². The predicted molar refractivity (Wildman–Crippen MR) is 109 cm³/mol. The van der Waals surface area contributed by atoms with Gasteiger partial charge in [0.05, 0.1) is 5.56 Å². The molecular weight excluding hydrogens is 374 g/mol. The number of hydrogen-bond donors (Lipinski definition) is 1. The van der Waals surface area contributed by atoms with Gasteiger partial charge in [0.15, 0.2) is 6.61 Å². The molecule has 3 rings (SSSR count). The Bertz CT molecular complexity index is 983. The fourth-order valence-corrected chi connectivity index (χ4v) is 3.52. The third-order valence-corrected chi connectivity index (χ3v) is 4.98. The molecule has 0 saturated heterocycles. The van der Waals surface area contributed by atoms with Gasteiger partial charge in [0.1, 0.15) is 0 Å². The number of carbonyl (C=O) groups is 3. The molecule has 3 aromatic rings. The summed E-state index contributed by atoms with van der Waals surface area (Å²) in [5.74, 6) is -1.07. The molecule has 0 saturated carbocycles. The monoisotopic (exact) mass is 393 g/mol. The Kier molecular flexibility index (Phi) is 6.81. The van der Waals surface area contributed by atoms with Crippen LogP contribution >= 0.6 is 11.8 Å². The van der Waals surface area contributed by atoms with Gasteiger partial charge in [-0.3, -0.25) is 14.9 Å². The fraction of sp³-hybridized carbons (Fsp3) is 0.136. The van der Waals surface area contributed by atoms with Gasteiger partial charge in [0.25, 0.3) is 5.91 Å². The molecule has 0 spiro atoms. The molecule has 6 heteroatoms. The summed E-state index contributed by atoms with van der Waals surface area (Å²) in [5.41, 5.74) is 0.386. The standard InChI is InChI=1S/C22H19NO4S/c24-20(13-14-28-17-9-2-1-3-10-17)23-21(25)15-27-22(26)19-12-6-8-16-7-4-5-11-18(16)19/h1-12H,13-15H2,(H,23,24,25). The number of carbonyl (C=O) groups excluding carboxylic acids is 3. The Morgan fingerprint density at radius 3 is 2.36 bits per heavy atom. The minimum atomic E-state index is -0.636. The number of hydrogen-bond acceptors (Lipinski definition) is 5. The number of benzene rings is 3. The van der Waals surface area contributed by atoms with Crippen LogP contribution in [0, 0.1) is 0 Å². The average Bonchev–Trinajstić information content (AvgIpc) is 2.72. The lowest BCUT2D eigenvalue weighted by molar-refractivity contribution is -0.132. The third-order valence-electron chi connectivity index (χ3n) is 3.96. The number of ether oxygens (including phenoxy) is 1. The lowest BCUT2D eigenvalue weighted by Gasteiger charge is -2.08. The quantitative estimate of drug-likeness (QED) is 0.488. The van der Waals surface area contributed by atoms with Gasteiger partial charge >= 0.3 is 5.97 Å². The van der Waals surface area contributed by atoms with E-state index in [1.165, 1.54) is 11.8 Å². The van der Waals surface area contributed by atoms with E-state index in [1.54, 1.807) is 12.1 Å². The molecule has 0 aliphatic rings. The van der Waals surface area contributed by atoms with E-state index in [2.05, 4.69) is 5.32 Å². The van der Waals surface area contributed by atoms with E-state index in [-0.39, 0.29) is 6.42 Å². The third kappa shape index (κ3) is 5.44. The summed E-state index contributed by atoms with van der Waals surface area (Å²) in [6.07, 6.45) is 0.197. The first kappa shape index (κ1) is 19.6. The summed E-state index contributed by atoms with van der Waals surface area (Å²) in [5, 5.41) is 3.91. The minimum Gasteiger partial charge on any atom is -0.452 e. The first-order valence-electron chi connectivity index (χ1n) is 8.79. The van der Waals surface area contributed by atoms with E-state index in [0.29, 0.717) is 11.3 Å². The highest BCUT2D eigenvalue weighted by atomic mass is 32.2. The van der Waals surface area contributed by atoms with Crippen molar-refractivity contribution in [3.8, 4) is 0 Å². The maximum absolute atomic E-state index is 12.3. The molecule has 0 fully saturated rings. The molecule has 0 aliphatic heterocycles. The van der Waals surface area contributed by atoms with Crippen LogP contribution in [0.15, 0.2) is 77.7 Å². The highest BCUT2D eigenvalue weighted by Gasteiger charge is 2.14. The van der Waals surface area contributed by atoms with E-state index in [4.69, 9.17) is 4.74 Å². The largest absolute Gasteiger partial charge is 0.452 e. The van der Waals surface area contributed by atoms with Crippen LogP contribution in [0.4, 0.5) is 0 Å². The SMILES string of the molecule is O=C(CCSc1ccccc1)NC(=O)COC(=O)c1cccc2ccccc12. The van der Waals surface area contributed by atoms with Gasteiger partial charge in [-0.15, -0.1) is 11.8 Å². The number of amides is 2. The summed E-state index contributed by atoms with van der Waals surface area (Å²) in [7, 11) is 0. The van der Waals surface area contributed by atoms with Crippen LogP contribution < -0.4 is 5.32 Å². The molecule has 0 aromatic heterocycles. The van der Waals surface area contributed by atoms with Gasteiger partial charge in [-0.05, 0) is 29.0 Å². The topological polar surface area (TPSA) is 72.5 Å². The van der Waals surface area contributed by atoms with Crippen molar-refractivity contribution in [1.29, 1.82) is 0 Å². The van der Waals surface area contributed by atoms with E-state index in [9.17, 15) is 14.4 Å². The molecule has 0 radical (unpaired) electrons. The number of esters is 1. The van der Waals surface area contributed by atoms with Crippen molar-refractivity contribution < 1.29 is 19.1 Å². The first-order valence-corrected chi connectivity index (χ1v) is 9.77. The number of rotatable bonds is 7. The Morgan fingerprint density at radius 1 is 0.821 bits per heavy atom. The first-order chi connectivity index (χ1) is 13.6. The second-order valence-corrected chi connectivity index (χ2v) is 7.15. The second kappa shape index (κ2) is 9.71. The summed E-state index contributed by atoms with van der Waals surface area (Å²) >= 11 is 1.53. The van der Waals surface area contributed by atoms with Crippen molar-refractivity contribution in [2.75, 3.05) is 12.4 Å². The molecule has 142 valence electrons. The van der Waals surface area contributed by atoms with E-state index in [1.807, 2.05) is 60.7 Å². The zero-order valence-corrected chi connectivity index (χ0v) is 15.9. The smallest absolute Gasteiger partial charge is 0.339 e. The highest BCUT2D eigenvalue weighted by molar-refractivity contribution is 7.99. The fourth-order valence-electron chi connectivity index (χ4n) is 2.64. The van der Waals surface area contributed by atoms with Crippen LogP contribution in [-0.4, -0.2) is 30.1 Å². The van der Waals surface area contributed by atoms with Crippen molar-refractivity contribution in [3.05, 3.63) is 78.4 Å². The maximum Gasteiger partial charge on any atom is 0.339 e. The second-order valence-electron chi connectivity index (χ2n) is 5.99. The lowest BCUT2D eigenvalue weighted by Crippen LogP contribution is -2.34. The molecule has 0 aliphatic carbocycles. The van der Waals surface area contributed by atoms with E-state index in [0.717, 1.165) is 15.7 Å². The zero-order valence-electron chi connectivity index (χ0n) is 15.1. The Balaban J connectivity index is 1.44. The highest BCUT2D eigenvalue weighted by Crippen LogP contribution is 2.19.